The summed E-state index contributed by atoms with van der Waals surface area (Å²) in [5, 5.41) is 6.55. The summed E-state index contributed by atoms with van der Waals surface area (Å²) >= 11 is 0. The molecule has 0 spiro atoms. The van der Waals surface area contributed by atoms with Crippen molar-refractivity contribution < 1.29 is 27.2 Å². The van der Waals surface area contributed by atoms with E-state index < -0.39 is 20.4 Å². The molecule has 0 bridgehead atoms. The number of rotatable bonds is 6. The Balaban J connectivity index is 5.12. The van der Waals surface area contributed by atoms with E-state index in [0.717, 1.165) is 28.4 Å². The molecular weight excluding hydrogens is 232 g/mol. The van der Waals surface area contributed by atoms with Crippen molar-refractivity contribution in [2.45, 2.75) is 0 Å². The van der Waals surface area contributed by atoms with Crippen molar-refractivity contribution in [1.82, 2.24) is 0 Å². The van der Waals surface area contributed by atoms with Crippen LogP contribution < -0.4 is 0 Å². The molecule has 0 aliphatic heterocycles. The molecule has 0 amide bonds. The minimum Gasteiger partial charge on any atom is -0.307 e. The molecular formula is C5H13NO6P2. The third-order valence-corrected chi connectivity index (χ3v) is 5.91. The highest BCUT2D eigenvalue weighted by atomic mass is 31.2. The van der Waals surface area contributed by atoms with Gasteiger partial charge >= 0.3 is 15.2 Å². The van der Waals surface area contributed by atoms with Crippen LogP contribution in [0.1, 0.15) is 0 Å². The van der Waals surface area contributed by atoms with E-state index in [1.807, 2.05) is 0 Å². The lowest BCUT2D eigenvalue weighted by atomic mass is 11.7. The molecule has 7 nitrogen and oxygen atoms in total. The lowest BCUT2D eigenvalue weighted by Crippen LogP contribution is -2.06. The minimum atomic E-state index is -3.86. The average molecular weight is 245 g/mol. The second-order valence-corrected chi connectivity index (χ2v) is 6.75. The van der Waals surface area contributed by atoms with Crippen LogP contribution in [0.25, 0.3) is 0 Å². The summed E-state index contributed by atoms with van der Waals surface area (Å²) in [6.07, 6.45) is 0. The molecule has 0 aromatic rings. The normalized spacial score (nSPS) is 12.9. The predicted molar refractivity (Wildman–Crippen MR) is 51.0 cm³/mol. The van der Waals surface area contributed by atoms with E-state index in [1.165, 1.54) is 0 Å². The molecule has 0 radical (unpaired) electrons. The quantitative estimate of drug-likeness (QED) is 0.567. The van der Waals surface area contributed by atoms with Crippen LogP contribution in [-0.4, -0.2) is 33.6 Å². The third-order valence-electron chi connectivity index (χ3n) is 1.48. The van der Waals surface area contributed by atoms with Crippen LogP contribution in [0.5, 0.6) is 0 Å². The van der Waals surface area contributed by atoms with Gasteiger partial charge in [0, 0.05) is 28.4 Å². The molecule has 0 unspecified atom stereocenters. The Labute approximate surface area is 82.3 Å². The summed E-state index contributed by atoms with van der Waals surface area (Å²) in [5.74, 6) is 0. The smallest absolute Gasteiger partial charge is 0.307 e. The Morgan fingerprint density at radius 3 is 1.21 bits per heavy atom. The third kappa shape index (κ3) is 2.51. The second kappa shape index (κ2) is 5.16. The molecule has 0 saturated carbocycles. The first-order chi connectivity index (χ1) is 6.40. The largest absolute Gasteiger partial charge is 0.386 e. The van der Waals surface area contributed by atoms with Gasteiger partial charge in [0.2, 0.25) is 5.19 Å². The second-order valence-electron chi connectivity index (χ2n) is 2.05. The number of hydrogen-bond donors (Lipinski definition) is 1. The van der Waals surface area contributed by atoms with Crippen molar-refractivity contribution in [1.29, 1.82) is 5.41 Å². The molecule has 9 heteroatoms. The van der Waals surface area contributed by atoms with Gasteiger partial charge in [-0.15, -0.1) is 0 Å². The summed E-state index contributed by atoms with van der Waals surface area (Å²) in [7, 11) is -3.40. The Hall–Kier alpha value is -0.0300. The summed E-state index contributed by atoms with van der Waals surface area (Å²) in [4.78, 5) is 0. The van der Waals surface area contributed by atoms with Gasteiger partial charge < -0.3 is 18.1 Å². The Morgan fingerprint density at radius 1 is 0.857 bits per heavy atom. The maximum absolute atomic E-state index is 11.6. The van der Waals surface area contributed by atoms with Gasteiger partial charge in [0.05, 0.1) is 0 Å². The molecule has 0 atom stereocenters. The molecule has 0 aliphatic carbocycles. The van der Waals surface area contributed by atoms with Gasteiger partial charge in [0.1, 0.15) is 0 Å². The van der Waals surface area contributed by atoms with Crippen molar-refractivity contribution in [3.63, 3.8) is 0 Å². The van der Waals surface area contributed by atoms with Crippen LogP contribution in [0, 0.1) is 5.41 Å². The van der Waals surface area contributed by atoms with Gasteiger partial charge in [0.15, 0.2) is 0 Å². The fourth-order valence-corrected chi connectivity index (χ4v) is 3.81. The van der Waals surface area contributed by atoms with Crippen molar-refractivity contribution in [2.24, 2.45) is 0 Å². The summed E-state index contributed by atoms with van der Waals surface area (Å²) in [6.45, 7) is 0. The fraction of sp³-hybridized carbons (Fsp3) is 0.800. The van der Waals surface area contributed by atoms with Crippen LogP contribution in [0.2, 0.25) is 0 Å². The zero-order valence-corrected chi connectivity index (χ0v) is 10.1. The summed E-state index contributed by atoms with van der Waals surface area (Å²) in [6, 6.07) is 0. The Kier molecular flexibility index (Phi) is 5.15. The van der Waals surface area contributed by atoms with E-state index in [9.17, 15) is 9.13 Å². The maximum atomic E-state index is 11.6. The summed E-state index contributed by atoms with van der Waals surface area (Å²) in [5.41, 5.74) is 0. The monoisotopic (exact) mass is 245 g/mol. The van der Waals surface area contributed by atoms with Gasteiger partial charge in [-0.25, -0.2) is 0 Å². The van der Waals surface area contributed by atoms with E-state index in [-0.39, 0.29) is 0 Å². The first-order valence-electron chi connectivity index (χ1n) is 3.43. The Bertz CT molecular complexity index is 259. The van der Waals surface area contributed by atoms with E-state index in [1.54, 1.807) is 0 Å². The zero-order valence-electron chi connectivity index (χ0n) is 8.34. The SMILES string of the molecule is COP(=O)(OC)C(=N)P(=O)(OC)OC. The van der Waals surface area contributed by atoms with E-state index in [4.69, 9.17) is 5.41 Å². The van der Waals surface area contributed by atoms with Crippen molar-refractivity contribution >= 4 is 20.4 Å². The van der Waals surface area contributed by atoms with Crippen molar-refractivity contribution in [2.75, 3.05) is 28.4 Å². The topological polar surface area (TPSA) is 94.9 Å². The number of hydrogen-bond acceptors (Lipinski definition) is 7. The lowest BCUT2D eigenvalue weighted by molar-refractivity contribution is 0.280. The van der Waals surface area contributed by atoms with E-state index in [2.05, 4.69) is 18.1 Å². The van der Waals surface area contributed by atoms with E-state index in [0.29, 0.717) is 0 Å². The molecule has 0 heterocycles. The first-order valence-corrected chi connectivity index (χ1v) is 6.51. The molecule has 0 aromatic carbocycles. The van der Waals surface area contributed by atoms with Gasteiger partial charge in [-0.05, 0) is 0 Å². The molecule has 0 fully saturated rings. The van der Waals surface area contributed by atoms with Gasteiger partial charge in [-0.3, -0.25) is 14.5 Å². The molecule has 0 saturated heterocycles. The molecule has 1 N–H and O–H groups in total. The van der Waals surface area contributed by atoms with Gasteiger partial charge in [-0.1, -0.05) is 0 Å². The van der Waals surface area contributed by atoms with E-state index >= 15 is 0 Å². The highest BCUT2D eigenvalue weighted by molar-refractivity contribution is 7.98. The lowest BCUT2D eigenvalue weighted by Gasteiger charge is -2.19. The van der Waals surface area contributed by atoms with Crippen LogP contribution >= 0.6 is 15.2 Å². The highest BCUT2D eigenvalue weighted by Crippen LogP contribution is 2.64. The number of nitrogens with one attached hydrogen (secondary N) is 1. The zero-order chi connectivity index (χ0) is 11.4. The summed E-state index contributed by atoms with van der Waals surface area (Å²) < 4.78 is 41.1. The predicted octanol–water partition coefficient (Wildman–Crippen LogP) is 1.89. The molecule has 0 aliphatic rings. The standard InChI is InChI=1S/C5H13NO6P2/c1-9-13(7,10-2)5(6)14(8,11-3)12-4/h6H,1-4H3. The fourth-order valence-electron chi connectivity index (χ4n) is 0.645. The van der Waals surface area contributed by atoms with Crippen LogP contribution in [0.3, 0.4) is 0 Å². The average Bonchev–Trinajstić information content (AvgIpc) is 2.25. The minimum absolute atomic E-state index is 0.819. The first kappa shape index (κ1) is 14.0. The maximum Gasteiger partial charge on any atom is 0.386 e. The molecule has 84 valence electrons. The van der Waals surface area contributed by atoms with Crippen LogP contribution in [-0.2, 0) is 27.2 Å². The van der Waals surface area contributed by atoms with Crippen LogP contribution in [0.4, 0.5) is 0 Å². The van der Waals surface area contributed by atoms with Gasteiger partial charge in [0.25, 0.3) is 0 Å². The van der Waals surface area contributed by atoms with Gasteiger partial charge in [-0.2, -0.15) is 0 Å². The molecule has 0 rings (SSSR count). The van der Waals surface area contributed by atoms with Crippen molar-refractivity contribution in [3.8, 4) is 0 Å². The Morgan fingerprint density at radius 2 is 1.07 bits per heavy atom. The van der Waals surface area contributed by atoms with Crippen LogP contribution in [0.15, 0.2) is 0 Å². The molecule has 0 aromatic heterocycles. The highest BCUT2D eigenvalue weighted by Gasteiger charge is 2.44. The molecule has 14 heavy (non-hydrogen) atoms. The van der Waals surface area contributed by atoms with Crippen molar-refractivity contribution in [3.05, 3.63) is 0 Å².